The molecule has 8 nitrogen and oxygen atoms in total. The van der Waals surface area contributed by atoms with Gasteiger partial charge in [0.1, 0.15) is 5.82 Å². The average molecular weight is 353 g/mol. The standard InChI is InChI=1S/C18H19N5O3/c24-15(19-11-10-12-4-2-1-3-5-12)8-9-16(25)21-14-7-6-13-17(22-14)23-18(26)20-13/h1-7H,8-11H2,(H,19,24)(H3,20,21,22,23,25,26). The van der Waals surface area contributed by atoms with Gasteiger partial charge in [0.2, 0.25) is 11.8 Å². The van der Waals surface area contributed by atoms with Crippen LogP contribution >= 0.6 is 0 Å². The molecule has 0 saturated carbocycles. The number of nitrogens with one attached hydrogen (secondary N) is 4. The minimum absolute atomic E-state index is 0.0561. The number of hydrogen-bond donors (Lipinski definition) is 4. The quantitative estimate of drug-likeness (QED) is 0.512. The Bertz CT molecular complexity index is 962. The summed E-state index contributed by atoms with van der Waals surface area (Å²) < 4.78 is 0. The van der Waals surface area contributed by atoms with Gasteiger partial charge >= 0.3 is 5.69 Å². The van der Waals surface area contributed by atoms with Crippen molar-refractivity contribution in [2.75, 3.05) is 11.9 Å². The van der Waals surface area contributed by atoms with E-state index in [9.17, 15) is 14.4 Å². The molecule has 0 saturated heterocycles. The third kappa shape index (κ3) is 4.79. The summed E-state index contributed by atoms with van der Waals surface area (Å²) >= 11 is 0. The van der Waals surface area contributed by atoms with Crippen molar-refractivity contribution in [3.05, 3.63) is 58.5 Å². The molecular weight excluding hydrogens is 334 g/mol. The minimum Gasteiger partial charge on any atom is -0.356 e. The molecule has 0 fully saturated rings. The zero-order valence-electron chi connectivity index (χ0n) is 14.0. The molecule has 8 heteroatoms. The maximum atomic E-state index is 11.9. The van der Waals surface area contributed by atoms with Crippen LogP contribution in [0, 0.1) is 0 Å². The molecule has 3 rings (SSSR count). The predicted molar refractivity (Wildman–Crippen MR) is 97.7 cm³/mol. The Morgan fingerprint density at radius 2 is 1.73 bits per heavy atom. The fraction of sp³-hybridized carbons (Fsp3) is 0.222. The molecule has 0 bridgehead atoms. The second-order valence-electron chi connectivity index (χ2n) is 5.81. The lowest BCUT2D eigenvalue weighted by atomic mass is 10.1. The first-order chi connectivity index (χ1) is 12.6. The first kappa shape index (κ1) is 17.4. The topological polar surface area (TPSA) is 120 Å². The number of carbonyl (C=O) groups excluding carboxylic acids is 2. The molecule has 2 amide bonds. The Labute approximate surface area is 149 Å². The first-order valence-corrected chi connectivity index (χ1v) is 8.30. The molecular formula is C18H19N5O3. The van der Waals surface area contributed by atoms with Gasteiger partial charge in [-0.3, -0.25) is 14.6 Å². The molecule has 2 aromatic heterocycles. The first-order valence-electron chi connectivity index (χ1n) is 8.30. The number of aromatic amines is 2. The van der Waals surface area contributed by atoms with Crippen LogP contribution in [0.3, 0.4) is 0 Å². The molecule has 0 spiro atoms. The van der Waals surface area contributed by atoms with Gasteiger partial charge in [0.05, 0.1) is 5.52 Å². The van der Waals surface area contributed by atoms with Crippen LogP contribution in [0.1, 0.15) is 18.4 Å². The third-order valence-corrected chi connectivity index (χ3v) is 3.80. The van der Waals surface area contributed by atoms with Crippen LogP contribution in [0.25, 0.3) is 11.2 Å². The SMILES string of the molecule is O=C(CCC(=O)Nc1ccc2[nH]c(=O)[nH]c2n1)NCCc1ccccc1. The Balaban J connectivity index is 1.41. The van der Waals surface area contributed by atoms with E-state index in [2.05, 4.69) is 25.6 Å². The van der Waals surface area contributed by atoms with Gasteiger partial charge in [0.15, 0.2) is 5.65 Å². The van der Waals surface area contributed by atoms with Crippen molar-refractivity contribution in [3.63, 3.8) is 0 Å². The summed E-state index contributed by atoms with van der Waals surface area (Å²) in [7, 11) is 0. The highest BCUT2D eigenvalue weighted by Gasteiger charge is 2.09. The number of aromatic nitrogens is 3. The van der Waals surface area contributed by atoms with Gasteiger partial charge in [0.25, 0.3) is 0 Å². The number of amides is 2. The van der Waals surface area contributed by atoms with E-state index in [-0.39, 0.29) is 30.3 Å². The summed E-state index contributed by atoms with van der Waals surface area (Å²) in [5, 5.41) is 5.41. The summed E-state index contributed by atoms with van der Waals surface area (Å²) in [5.74, 6) is -0.162. The molecule has 0 unspecified atom stereocenters. The van der Waals surface area contributed by atoms with E-state index in [0.717, 1.165) is 12.0 Å². The number of rotatable bonds is 7. The molecule has 134 valence electrons. The number of nitrogens with zero attached hydrogens (tertiary/aromatic N) is 1. The average Bonchev–Trinajstić information content (AvgIpc) is 3.00. The molecule has 3 aromatic rings. The molecule has 0 atom stereocenters. The van der Waals surface area contributed by atoms with E-state index in [1.165, 1.54) is 0 Å². The van der Waals surface area contributed by atoms with Gasteiger partial charge in [-0.25, -0.2) is 9.78 Å². The van der Waals surface area contributed by atoms with Crippen LogP contribution in [0.15, 0.2) is 47.3 Å². The lowest BCUT2D eigenvalue weighted by Gasteiger charge is -2.06. The Hall–Kier alpha value is -3.42. The monoisotopic (exact) mass is 353 g/mol. The number of hydrogen-bond acceptors (Lipinski definition) is 4. The second-order valence-corrected chi connectivity index (χ2v) is 5.81. The van der Waals surface area contributed by atoms with Crippen LogP contribution in [0.4, 0.5) is 5.82 Å². The summed E-state index contributed by atoms with van der Waals surface area (Å²) in [6, 6.07) is 13.1. The van der Waals surface area contributed by atoms with Crippen molar-refractivity contribution < 1.29 is 9.59 Å². The highest BCUT2D eigenvalue weighted by atomic mass is 16.2. The number of benzene rings is 1. The molecule has 0 aliphatic carbocycles. The molecule has 2 heterocycles. The van der Waals surface area contributed by atoms with E-state index in [1.54, 1.807) is 12.1 Å². The van der Waals surface area contributed by atoms with E-state index in [0.29, 0.717) is 23.5 Å². The number of carbonyl (C=O) groups is 2. The van der Waals surface area contributed by atoms with Gasteiger partial charge in [-0.05, 0) is 24.1 Å². The van der Waals surface area contributed by atoms with Crippen molar-refractivity contribution in [1.82, 2.24) is 20.3 Å². The number of pyridine rings is 1. The predicted octanol–water partition coefficient (Wildman–Crippen LogP) is 1.33. The highest BCUT2D eigenvalue weighted by molar-refractivity contribution is 5.93. The van der Waals surface area contributed by atoms with Gasteiger partial charge < -0.3 is 15.6 Å². The van der Waals surface area contributed by atoms with Crippen molar-refractivity contribution in [1.29, 1.82) is 0 Å². The van der Waals surface area contributed by atoms with E-state index >= 15 is 0 Å². The fourth-order valence-corrected chi connectivity index (χ4v) is 2.50. The smallest absolute Gasteiger partial charge is 0.325 e. The third-order valence-electron chi connectivity index (χ3n) is 3.80. The van der Waals surface area contributed by atoms with Crippen LogP contribution < -0.4 is 16.3 Å². The normalized spacial score (nSPS) is 10.6. The maximum Gasteiger partial charge on any atom is 0.325 e. The summed E-state index contributed by atoms with van der Waals surface area (Å²) in [6.45, 7) is 0.531. The van der Waals surface area contributed by atoms with Gasteiger partial charge in [0, 0.05) is 19.4 Å². The summed E-state index contributed by atoms with van der Waals surface area (Å²) in [4.78, 5) is 44.2. The molecule has 4 N–H and O–H groups in total. The zero-order valence-corrected chi connectivity index (χ0v) is 14.0. The summed E-state index contributed by atoms with van der Waals surface area (Å²) in [5.41, 5.74) is 1.72. The van der Waals surface area contributed by atoms with Crippen molar-refractivity contribution in [3.8, 4) is 0 Å². The second kappa shape index (κ2) is 8.11. The lowest BCUT2D eigenvalue weighted by Crippen LogP contribution is -2.26. The van der Waals surface area contributed by atoms with Crippen LogP contribution in [0.5, 0.6) is 0 Å². The summed E-state index contributed by atoms with van der Waals surface area (Å²) in [6.07, 6.45) is 0.905. The van der Waals surface area contributed by atoms with Gasteiger partial charge in [-0.1, -0.05) is 30.3 Å². The Morgan fingerprint density at radius 1 is 0.962 bits per heavy atom. The van der Waals surface area contributed by atoms with Crippen LogP contribution in [-0.2, 0) is 16.0 Å². The van der Waals surface area contributed by atoms with Crippen LogP contribution in [-0.4, -0.2) is 33.3 Å². The van der Waals surface area contributed by atoms with Crippen molar-refractivity contribution in [2.45, 2.75) is 19.3 Å². The van der Waals surface area contributed by atoms with Crippen LogP contribution in [0.2, 0.25) is 0 Å². The number of anilines is 1. The van der Waals surface area contributed by atoms with Gasteiger partial charge in [-0.15, -0.1) is 0 Å². The Morgan fingerprint density at radius 3 is 2.54 bits per heavy atom. The van der Waals surface area contributed by atoms with Gasteiger partial charge in [-0.2, -0.15) is 0 Å². The maximum absolute atomic E-state index is 11.9. The molecule has 0 aliphatic rings. The van der Waals surface area contributed by atoms with E-state index in [1.807, 2.05) is 30.3 Å². The fourth-order valence-electron chi connectivity index (χ4n) is 2.50. The Kier molecular flexibility index (Phi) is 5.43. The molecule has 0 aliphatic heterocycles. The highest BCUT2D eigenvalue weighted by Crippen LogP contribution is 2.10. The van der Waals surface area contributed by atoms with E-state index in [4.69, 9.17) is 0 Å². The molecule has 26 heavy (non-hydrogen) atoms. The number of fused-ring (bicyclic) bond motifs is 1. The van der Waals surface area contributed by atoms with E-state index < -0.39 is 0 Å². The molecule has 1 aromatic carbocycles. The molecule has 0 radical (unpaired) electrons. The number of H-pyrrole nitrogens is 2. The zero-order chi connectivity index (χ0) is 18.4. The van der Waals surface area contributed by atoms with Crippen molar-refractivity contribution >= 4 is 28.8 Å². The minimum atomic E-state index is -0.358. The largest absolute Gasteiger partial charge is 0.356 e. The van der Waals surface area contributed by atoms with Crippen molar-refractivity contribution in [2.24, 2.45) is 0 Å². The lowest BCUT2D eigenvalue weighted by molar-refractivity contribution is -0.124. The number of imidazole rings is 1.